The molecular weight excluding hydrogens is 400 g/mol. The number of methoxy groups -OCH3 is 1. The summed E-state index contributed by atoms with van der Waals surface area (Å²) in [7, 11) is 1.58. The fourth-order valence-corrected chi connectivity index (χ4v) is 3.41. The first-order chi connectivity index (χ1) is 14.6. The summed E-state index contributed by atoms with van der Waals surface area (Å²) in [6.07, 6.45) is 8.60. The van der Waals surface area contributed by atoms with Crippen LogP contribution in [0.5, 0.6) is 5.75 Å². The zero-order chi connectivity index (χ0) is 21.1. The molecule has 4 rings (SSSR count). The molecule has 0 radical (unpaired) electrons. The first kappa shape index (κ1) is 19.7. The minimum Gasteiger partial charge on any atom is -0.495 e. The third-order valence-corrected chi connectivity index (χ3v) is 4.92. The quantitative estimate of drug-likeness (QED) is 0.328. The molecule has 0 amide bonds. The number of hydrogen-bond acceptors (Lipinski definition) is 5. The van der Waals surface area contributed by atoms with E-state index in [0.717, 1.165) is 16.9 Å². The summed E-state index contributed by atoms with van der Waals surface area (Å²) in [5, 5.41) is 3.80. The van der Waals surface area contributed by atoms with Crippen LogP contribution < -0.4 is 10.1 Å². The SMILES string of the molecule is C/C=C/C(=O)c1ccc(Nc2nccn3c(-c4ccc(OC)c(Cl)c4)cnc23)cc1. The Kier molecular flexibility index (Phi) is 5.50. The van der Waals surface area contributed by atoms with Crippen LogP contribution in [0.25, 0.3) is 16.9 Å². The number of anilines is 2. The van der Waals surface area contributed by atoms with Gasteiger partial charge in [0.2, 0.25) is 0 Å². The van der Waals surface area contributed by atoms with E-state index in [2.05, 4.69) is 15.3 Å². The summed E-state index contributed by atoms with van der Waals surface area (Å²) < 4.78 is 7.17. The van der Waals surface area contributed by atoms with Gasteiger partial charge in [-0.2, -0.15) is 0 Å². The van der Waals surface area contributed by atoms with Crippen molar-refractivity contribution in [2.75, 3.05) is 12.4 Å². The van der Waals surface area contributed by atoms with Gasteiger partial charge in [-0.05, 0) is 55.5 Å². The first-order valence-electron chi connectivity index (χ1n) is 9.31. The lowest BCUT2D eigenvalue weighted by molar-refractivity contribution is 0.104. The molecule has 0 fully saturated rings. The average Bonchev–Trinajstić information content (AvgIpc) is 3.19. The van der Waals surface area contributed by atoms with Gasteiger partial charge in [-0.3, -0.25) is 9.20 Å². The van der Waals surface area contributed by atoms with E-state index in [1.54, 1.807) is 43.8 Å². The van der Waals surface area contributed by atoms with Crippen LogP contribution >= 0.6 is 11.6 Å². The minimum absolute atomic E-state index is 0.0275. The maximum absolute atomic E-state index is 11.9. The Labute approximate surface area is 178 Å². The number of hydrogen-bond donors (Lipinski definition) is 1. The minimum atomic E-state index is -0.0275. The number of fused-ring (bicyclic) bond motifs is 1. The fourth-order valence-electron chi connectivity index (χ4n) is 3.15. The van der Waals surface area contributed by atoms with Gasteiger partial charge >= 0.3 is 0 Å². The smallest absolute Gasteiger partial charge is 0.185 e. The van der Waals surface area contributed by atoms with Gasteiger partial charge in [-0.1, -0.05) is 17.7 Å². The van der Waals surface area contributed by atoms with Crippen LogP contribution in [-0.2, 0) is 0 Å². The van der Waals surface area contributed by atoms with Crippen LogP contribution in [0.1, 0.15) is 17.3 Å². The maximum atomic E-state index is 11.9. The second kappa shape index (κ2) is 8.39. The normalized spacial score (nSPS) is 11.2. The largest absolute Gasteiger partial charge is 0.495 e. The standard InChI is InChI=1S/C23H19ClN4O2/c1-3-4-20(29)15-5-8-17(9-6-15)27-22-23-26-14-19(28(23)12-11-25-22)16-7-10-21(30-2)18(24)13-16/h3-14H,1-2H3,(H,25,27)/b4-3+. The third kappa shape index (κ3) is 3.77. The molecule has 6 nitrogen and oxygen atoms in total. The number of ether oxygens (including phenoxy) is 1. The lowest BCUT2D eigenvalue weighted by Crippen LogP contribution is -1.99. The van der Waals surface area contributed by atoms with Crippen LogP contribution in [0.15, 0.2) is 73.2 Å². The topological polar surface area (TPSA) is 68.5 Å². The van der Waals surface area contributed by atoms with Crippen LogP contribution in [0.3, 0.4) is 0 Å². The molecule has 2 heterocycles. The van der Waals surface area contributed by atoms with Crippen molar-refractivity contribution in [3.8, 4) is 17.0 Å². The summed E-state index contributed by atoms with van der Waals surface area (Å²) in [5.41, 5.74) is 3.91. The van der Waals surface area contributed by atoms with Crippen LogP contribution in [0.4, 0.5) is 11.5 Å². The predicted molar refractivity (Wildman–Crippen MR) is 119 cm³/mol. The first-order valence-corrected chi connectivity index (χ1v) is 9.68. The molecule has 0 unspecified atom stereocenters. The van der Waals surface area contributed by atoms with Crippen molar-refractivity contribution in [1.82, 2.24) is 14.4 Å². The number of benzene rings is 2. The van der Waals surface area contributed by atoms with Gasteiger partial charge in [-0.15, -0.1) is 0 Å². The van der Waals surface area contributed by atoms with Crippen LogP contribution in [-0.4, -0.2) is 27.3 Å². The zero-order valence-corrected chi connectivity index (χ0v) is 17.2. The fraction of sp³-hybridized carbons (Fsp3) is 0.0870. The molecule has 2 aromatic heterocycles. The summed E-state index contributed by atoms with van der Waals surface area (Å²) in [5.74, 6) is 1.20. The Hall–Kier alpha value is -3.64. The van der Waals surface area contributed by atoms with Gasteiger partial charge in [0.1, 0.15) is 5.75 Å². The van der Waals surface area contributed by atoms with Crippen molar-refractivity contribution in [2.45, 2.75) is 6.92 Å². The summed E-state index contributed by atoms with van der Waals surface area (Å²) >= 11 is 6.28. The molecule has 0 bridgehead atoms. The van der Waals surface area contributed by atoms with Crippen molar-refractivity contribution in [3.05, 3.63) is 83.8 Å². The molecule has 4 aromatic rings. The van der Waals surface area contributed by atoms with E-state index < -0.39 is 0 Å². The maximum Gasteiger partial charge on any atom is 0.185 e. The molecule has 1 N–H and O–H groups in total. The molecule has 0 spiro atoms. The molecule has 0 aliphatic rings. The van der Waals surface area contributed by atoms with Crippen LogP contribution in [0.2, 0.25) is 5.02 Å². The Morgan fingerprint density at radius 2 is 1.97 bits per heavy atom. The molecule has 150 valence electrons. The molecule has 0 saturated heterocycles. The number of carbonyl (C=O) groups is 1. The predicted octanol–water partition coefficient (Wildman–Crippen LogP) is 5.56. The zero-order valence-electron chi connectivity index (χ0n) is 16.5. The van der Waals surface area contributed by atoms with E-state index in [9.17, 15) is 4.79 Å². The van der Waals surface area contributed by atoms with E-state index in [1.807, 2.05) is 47.9 Å². The van der Waals surface area contributed by atoms with Gasteiger partial charge in [0.05, 0.1) is 24.0 Å². The van der Waals surface area contributed by atoms with Crippen molar-refractivity contribution < 1.29 is 9.53 Å². The highest BCUT2D eigenvalue weighted by Crippen LogP contribution is 2.31. The highest BCUT2D eigenvalue weighted by atomic mass is 35.5. The average molecular weight is 419 g/mol. The van der Waals surface area contributed by atoms with Gasteiger partial charge in [0, 0.05) is 29.2 Å². The van der Waals surface area contributed by atoms with Crippen molar-refractivity contribution in [2.24, 2.45) is 0 Å². The second-order valence-corrected chi connectivity index (χ2v) is 6.94. The van der Waals surface area contributed by atoms with E-state index in [1.165, 1.54) is 0 Å². The van der Waals surface area contributed by atoms with E-state index in [0.29, 0.717) is 27.8 Å². The van der Waals surface area contributed by atoms with Crippen LogP contribution in [0, 0.1) is 0 Å². The number of ketones is 1. The monoisotopic (exact) mass is 418 g/mol. The molecular formula is C23H19ClN4O2. The van der Waals surface area contributed by atoms with Gasteiger partial charge in [0.25, 0.3) is 0 Å². The molecule has 2 aromatic carbocycles. The Morgan fingerprint density at radius 3 is 2.67 bits per heavy atom. The van der Waals surface area contributed by atoms with Crippen molar-refractivity contribution in [3.63, 3.8) is 0 Å². The molecule has 0 saturated carbocycles. The number of imidazole rings is 1. The summed E-state index contributed by atoms with van der Waals surface area (Å²) in [6, 6.07) is 12.8. The molecule has 7 heteroatoms. The summed E-state index contributed by atoms with van der Waals surface area (Å²) in [4.78, 5) is 20.9. The van der Waals surface area contributed by atoms with Gasteiger partial charge in [0.15, 0.2) is 17.2 Å². The molecule has 30 heavy (non-hydrogen) atoms. The van der Waals surface area contributed by atoms with Crippen molar-refractivity contribution >= 4 is 34.5 Å². The Bertz CT molecular complexity index is 1250. The lowest BCUT2D eigenvalue weighted by Gasteiger charge is -2.09. The van der Waals surface area contributed by atoms with Gasteiger partial charge < -0.3 is 10.1 Å². The molecule has 0 atom stereocenters. The third-order valence-electron chi connectivity index (χ3n) is 4.63. The van der Waals surface area contributed by atoms with E-state index in [4.69, 9.17) is 16.3 Å². The number of nitrogens with zero attached hydrogens (tertiary/aromatic N) is 3. The highest BCUT2D eigenvalue weighted by Gasteiger charge is 2.12. The molecule has 0 aliphatic carbocycles. The van der Waals surface area contributed by atoms with E-state index >= 15 is 0 Å². The number of aromatic nitrogens is 3. The Balaban J connectivity index is 1.65. The van der Waals surface area contributed by atoms with E-state index in [-0.39, 0.29) is 5.78 Å². The molecule has 0 aliphatic heterocycles. The lowest BCUT2D eigenvalue weighted by atomic mass is 10.1. The number of nitrogens with one attached hydrogen (secondary N) is 1. The number of halogens is 1. The number of carbonyl (C=O) groups excluding carboxylic acids is 1. The van der Waals surface area contributed by atoms with Gasteiger partial charge in [-0.25, -0.2) is 9.97 Å². The highest BCUT2D eigenvalue weighted by molar-refractivity contribution is 6.32. The number of rotatable bonds is 6. The number of allylic oxidation sites excluding steroid dienone is 2. The Morgan fingerprint density at radius 1 is 1.17 bits per heavy atom. The summed E-state index contributed by atoms with van der Waals surface area (Å²) in [6.45, 7) is 1.82. The van der Waals surface area contributed by atoms with Crippen molar-refractivity contribution in [1.29, 1.82) is 0 Å². The second-order valence-electron chi connectivity index (χ2n) is 6.53.